The van der Waals surface area contributed by atoms with Crippen molar-refractivity contribution in [2.75, 3.05) is 19.6 Å². The lowest BCUT2D eigenvalue weighted by molar-refractivity contribution is 0.199. The van der Waals surface area contributed by atoms with Gasteiger partial charge in [-0.2, -0.15) is 0 Å². The molecule has 2 nitrogen and oxygen atoms in total. The van der Waals surface area contributed by atoms with Crippen molar-refractivity contribution in [3.63, 3.8) is 0 Å². The summed E-state index contributed by atoms with van der Waals surface area (Å²) in [5.41, 5.74) is 1.24. The molecule has 1 unspecified atom stereocenters. The van der Waals surface area contributed by atoms with Crippen molar-refractivity contribution in [2.45, 2.75) is 32.4 Å². The van der Waals surface area contributed by atoms with Gasteiger partial charge in [-0.3, -0.25) is 4.90 Å². The summed E-state index contributed by atoms with van der Waals surface area (Å²) in [6.45, 7) is 6.62. The van der Waals surface area contributed by atoms with Crippen LogP contribution in [0, 0.1) is 0 Å². The Morgan fingerprint density at radius 1 is 1.41 bits per heavy atom. The lowest BCUT2D eigenvalue weighted by atomic mass is 10.1. The van der Waals surface area contributed by atoms with E-state index in [4.69, 9.17) is 11.6 Å². The van der Waals surface area contributed by atoms with Crippen LogP contribution in [-0.4, -0.2) is 30.6 Å². The largest absolute Gasteiger partial charge is 0.315 e. The van der Waals surface area contributed by atoms with Crippen molar-refractivity contribution < 1.29 is 0 Å². The third kappa shape index (κ3) is 3.44. The van der Waals surface area contributed by atoms with Gasteiger partial charge in [-0.05, 0) is 37.6 Å². The molecule has 0 aromatic heterocycles. The minimum absolute atomic E-state index is 0.672. The number of rotatable bonds is 5. The number of nitrogens with zero attached hydrogens (tertiary/aromatic N) is 1. The Bertz CT molecular complexity index is 348. The highest BCUT2D eigenvalue weighted by atomic mass is 35.5. The lowest BCUT2D eigenvalue weighted by Gasteiger charge is -2.28. The molecule has 1 fully saturated rings. The fourth-order valence-corrected chi connectivity index (χ4v) is 2.67. The Hall–Kier alpha value is -0.570. The number of nitrogens with one attached hydrogen (secondary N) is 1. The van der Waals surface area contributed by atoms with E-state index in [1.807, 2.05) is 12.1 Å². The maximum Gasteiger partial charge on any atom is 0.0451 e. The van der Waals surface area contributed by atoms with Crippen LogP contribution < -0.4 is 5.32 Å². The lowest BCUT2D eigenvalue weighted by Crippen LogP contribution is -2.36. The fraction of sp³-hybridized carbons (Fsp3) is 0.571. The van der Waals surface area contributed by atoms with E-state index in [-0.39, 0.29) is 0 Å². The monoisotopic (exact) mass is 252 g/mol. The van der Waals surface area contributed by atoms with Crippen molar-refractivity contribution in [3.05, 3.63) is 34.9 Å². The van der Waals surface area contributed by atoms with Crippen LogP contribution in [-0.2, 0) is 6.54 Å². The van der Waals surface area contributed by atoms with E-state index in [0.717, 1.165) is 31.2 Å². The zero-order chi connectivity index (χ0) is 12.1. The van der Waals surface area contributed by atoms with Crippen LogP contribution in [0.4, 0.5) is 0 Å². The summed E-state index contributed by atoms with van der Waals surface area (Å²) in [6, 6.07) is 8.85. The number of halogens is 1. The molecule has 17 heavy (non-hydrogen) atoms. The quantitative estimate of drug-likeness (QED) is 0.867. The summed E-state index contributed by atoms with van der Waals surface area (Å²) in [7, 11) is 0. The average Bonchev–Trinajstić information content (AvgIpc) is 2.85. The van der Waals surface area contributed by atoms with Gasteiger partial charge in [0.25, 0.3) is 0 Å². The van der Waals surface area contributed by atoms with Gasteiger partial charge in [-0.25, -0.2) is 0 Å². The van der Waals surface area contributed by atoms with Gasteiger partial charge in [0.15, 0.2) is 0 Å². The van der Waals surface area contributed by atoms with E-state index in [1.165, 1.54) is 18.4 Å². The van der Waals surface area contributed by atoms with Gasteiger partial charge < -0.3 is 5.32 Å². The van der Waals surface area contributed by atoms with Gasteiger partial charge in [0.2, 0.25) is 0 Å². The topological polar surface area (TPSA) is 15.3 Å². The molecule has 0 radical (unpaired) electrons. The van der Waals surface area contributed by atoms with E-state index in [2.05, 4.69) is 29.3 Å². The maximum absolute atomic E-state index is 6.23. The third-order valence-corrected chi connectivity index (χ3v) is 3.76. The molecule has 1 heterocycles. The van der Waals surface area contributed by atoms with Gasteiger partial charge in [-0.1, -0.05) is 36.7 Å². The van der Waals surface area contributed by atoms with Crippen LogP contribution in [0.5, 0.6) is 0 Å². The van der Waals surface area contributed by atoms with Gasteiger partial charge in [0.1, 0.15) is 0 Å². The molecule has 1 aliphatic heterocycles. The number of benzene rings is 1. The van der Waals surface area contributed by atoms with E-state index in [9.17, 15) is 0 Å². The summed E-state index contributed by atoms with van der Waals surface area (Å²) in [5.74, 6) is 0. The van der Waals surface area contributed by atoms with Gasteiger partial charge >= 0.3 is 0 Å². The maximum atomic E-state index is 6.23. The minimum atomic E-state index is 0.672. The summed E-state index contributed by atoms with van der Waals surface area (Å²) in [4.78, 5) is 2.56. The Balaban J connectivity index is 2.04. The standard InChI is InChI=1S/C14H21ClN2/c1-2-9-17(13-7-8-16-10-13)11-12-5-3-4-6-14(12)15/h3-6,13,16H,2,7-11H2,1H3. The van der Waals surface area contributed by atoms with Gasteiger partial charge in [0, 0.05) is 24.2 Å². The Morgan fingerprint density at radius 3 is 2.88 bits per heavy atom. The second-order valence-electron chi connectivity index (χ2n) is 4.71. The van der Waals surface area contributed by atoms with Crippen LogP contribution in [0.3, 0.4) is 0 Å². The van der Waals surface area contributed by atoms with Crippen molar-refractivity contribution in [1.82, 2.24) is 10.2 Å². The molecule has 94 valence electrons. The van der Waals surface area contributed by atoms with Gasteiger partial charge in [-0.15, -0.1) is 0 Å². The zero-order valence-electron chi connectivity index (χ0n) is 10.5. The number of hydrogen-bond acceptors (Lipinski definition) is 2. The third-order valence-electron chi connectivity index (χ3n) is 3.39. The summed E-state index contributed by atoms with van der Waals surface area (Å²) in [5, 5.41) is 4.33. The first-order chi connectivity index (χ1) is 8.31. The molecule has 0 bridgehead atoms. The average molecular weight is 253 g/mol. The smallest absolute Gasteiger partial charge is 0.0451 e. The predicted octanol–water partition coefficient (Wildman–Crippen LogP) is 2.91. The molecule has 3 heteroatoms. The first kappa shape index (κ1) is 12.9. The van der Waals surface area contributed by atoms with Crippen molar-refractivity contribution in [3.8, 4) is 0 Å². The fourth-order valence-electron chi connectivity index (χ4n) is 2.47. The summed E-state index contributed by atoms with van der Waals surface area (Å²) in [6.07, 6.45) is 2.45. The highest BCUT2D eigenvalue weighted by molar-refractivity contribution is 6.31. The summed E-state index contributed by atoms with van der Waals surface area (Å²) >= 11 is 6.23. The second-order valence-corrected chi connectivity index (χ2v) is 5.12. The Morgan fingerprint density at radius 2 is 2.24 bits per heavy atom. The Labute approximate surface area is 109 Å². The molecule has 1 aliphatic rings. The van der Waals surface area contributed by atoms with E-state index in [1.54, 1.807) is 0 Å². The minimum Gasteiger partial charge on any atom is -0.315 e. The molecular formula is C14H21ClN2. The summed E-state index contributed by atoms with van der Waals surface area (Å²) < 4.78 is 0. The first-order valence-corrected chi connectivity index (χ1v) is 6.87. The van der Waals surface area contributed by atoms with E-state index >= 15 is 0 Å². The van der Waals surface area contributed by atoms with Crippen LogP contribution >= 0.6 is 11.6 Å². The molecule has 1 N–H and O–H groups in total. The molecule has 1 atom stereocenters. The normalized spacial score (nSPS) is 20.1. The molecule has 0 aliphatic carbocycles. The predicted molar refractivity (Wildman–Crippen MR) is 73.4 cm³/mol. The molecule has 0 saturated carbocycles. The molecule has 0 amide bonds. The van der Waals surface area contributed by atoms with Crippen LogP contribution in [0.1, 0.15) is 25.3 Å². The van der Waals surface area contributed by atoms with E-state index in [0.29, 0.717) is 6.04 Å². The van der Waals surface area contributed by atoms with Crippen LogP contribution in [0.15, 0.2) is 24.3 Å². The molecular weight excluding hydrogens is 232 g/mol. The Kier molecular flexibility index (Phi) is 4.84. The molecule has 1 aromatic carbocycles. The van der Waals surface area contributed by atoms with Crippen molar-refractivity contribution >= 4 is 11.6 Å². The number of hydrogen-bond donors (Lipinski definition) is 1. The second kappa shape index (κ2) is 6.39. The van der Waals surface area contributed by atoms with Gasteiger partial charge in [0.05, 0.1) is 0 Å². The van der Waals surface area contributed by atoms with Crippen LogP contribution in [0.2, 0.25) is 5.02 Å². The molecule has 0 spiro atoms. The van der Waals surface area contributed by atoms with Crippen molar-refractivity contribution in [1.29, 1.82) is 0 Å². The van der Waals surface area contributed by atoms with E-state index < -0.39 is 0 Å². The van der Waals surface area contributed by atoms with Crippen molar-refractivity contribution in [2.24, 2.45) is 0 Å². The highest BCUT2D eigenvalue weighted by Gasteiger charge is 2.22. The highest BCUT2D eigenvalue weighted by Crippen LogP contribution is 2.20. The molecule has 1 saturated heterocycles. The zero-order valence-corrected chi connectivity index (χ0v) is 11.2. The van der Waals surface area contributed by atoms with Crippen LogP contribution in [0.25, 0.3) is 0 Å². The molecule has 2 rings (SSSR count). The molecule has 1 aromatic rings. The first-order valence-electron chi connectivity index (χ1n) is 6.49. The SMILES string of the molecule is CCCN(Cc1ccccc1Cl)C1CCNC1.